The fourth-order valence-corrected chi connectivity index (χ4v) is 4.08. The predicted molar refractivity (Wildman–Crippen MR) is 105 cm³/mol. The van der Waals surface area contributed by atoms with Crippen LogP contribution in [0.5, 0.6) is 5.75 Å². The zero-order chi connectivity index (χ0) is 21.3. The molecular formula is C23H20O7. The number of rotatable bonds is 4. The summed E-state index contributed by atoms with van der Waals surface area (Å²) < 4.78 is 21.7. The summed E-state index contributed by atoms with van der Waals surface area (Å²) in [6, 6.07) is 15.9. The number of carbonyl (C=O) groups excluding carboxylic acids is 3. The fraction of sp³-hybridized carbons (Fsp3) is 0.261. The minimum absolute atomic E-state index is 0.271. The summed E-state index contributed by atoms with van der Waals surface area (Å²) in [5.41, 5.74) is -0.938. The molecule has 0 aliphatic carbocycles. The summed E-state index contributed by atoms with van der Waals surface area (Å²) in [7, 11) is 2.31. The van der Waals surface area contributed by atoms with Crippen molar-refractivity contribution in [1.82, 2.24) is 0 Å². The molecule has 0 N–H and O–H groups in total. The van der Waals surface area contributed by atoms with Crippen molar-refractivity contribution in [3.8, 4) is 5.75 Å². The SMILES string of the molecule is COC(=O)C1(C(=O)OC)[C@H](/C=C\c2ccccc2)O[C@@H]2Oc3ccccc3C(=O)[C@H]21. The molecule has 3 atom stereocenters. The maximum atomic E-state index is 13.4. The number of hydrogen-bond acceptors (Lipinski definition) is 7. The van der Waals surface area contributed by atoms with E-state index in [4.69, 9.17) is 18.9 Å². The van der Waals surface area contributed by atoms with Crippen molar-refractivity contribution >= 4 is 23.8 Å². The number of benzene rings is 2. The molecular weight excluding hydrogens is 388 g/mol. The molecule has 0 spiro atoms. The summed E-state index contributed by atoms with van der Waals surface area (Å²) in [5, 5.41) is 0. The molecule has 1 fully saturated rings. The maximum Gasteiger partial charge on any atom is 0.327 e. The predicted octanol–water partition coefficient (Wildman–Crippen LogP) is 2.65. The number of ether oxygens (including phenoxy) is 4. The first kappa shape index (κ1) is 19.8. The summed E-state index contributed by atoms with van der Waals surface area (Å²) in [6.07, 6.45) is 0.991. The Balaban J connectivity index is 1.85. The van der Waals surface area contributed by atoms with Crippen molar-refractivity contribution in [1.29, 1.82) is 0 Å². The summed E-state index contributed by atoms with van der Waals surface area (Å²) in [6.45, 7) is 0. The second kappa shape index (κ2) is 7.76. The van der Waals surface area contributed by atoms with Gasteiger partial charge in [-0.05, 0) is 17.7 Å². The van der Waals surface area contributed by atoms with Crippen LogP contribution in [0.1, 0.15) is 15.9 Å². The van der Waals surface area contributed by atoms with Gasteiger partial charge in [0.25, 0.3) is 0 Å². The number of fused-ring (bicyclic) bond motifs is 2. The molecule has 0 amide bonds. The van der Waals surface area contributed by atoms with Crippen LogP contribution in [0.2, 0.25) is 0 Å². The third-order valence-corrected chi connectivity index (χ3v) is 5.48. The molecule has 7 heteroatoms. The lowest BCUT2D eigenvalue weighted by atomic mass is 9.68. The number of Topliss-reactive ketones (excluding diaryl/α,β-unsaturated/α-hetero) is 1. The first-order valence-corrected chi connectivity index (χ1v) is 9.39. The van der Waals surface area contributed by atoms with E-state index < -0.39 is 41.4 Å². The zero-order valence-electron chi connectivity index (χ0n) is 16.4. The summed E-state index contributed by atoms with van der Waals surface area (Å²) in [5.74, 6) is -3.19. The van der Waals surface area contributed by atoms with E-state index in [9.17, 15) is 14.4 Å². The molecule has 2 aliphatic rings. The highest BCUT2D eigenvalue weighted by Gasteiger charge is 2.71. The van der Waals surface area contributed by atoms with Crippen LogP contribution < -0.4 is 4.74 Å². The molecule has 30 heavy (non-hydrogen) atoms. The lowest BCUT2D eigenvalue weighted by Gasteiger charge is -2.33. The first-order valence-electron chi connectivity index (χ1n) is 9.39. The highest BCUT2D eigenvalue weighted by Crippen LogP contribution is 2.51. The van der Waals surface area contributed by atoms with Gasteiger partial charge in [0.1, 0.15) is 17.8 Å². The number of esters is 2. The minimum Gasteiger partial charge on any atom is -0.468 e. The van der Waals surface area contributed by atoms with E-state index in [2.05, 4.69) is 0 Å². The van der Waals surface area contributed by atoms with E-state index in [1.54, 1.807) is 36.4 Å². The van der Waals surface area contributed by atoms with Gasteiger partial charge in [-0.15, -0.1) is 0 Å². The second-order valence-corrected chi connectivity index (χ2v) is 7.00. The number of methoxy groups -OCH3 is 2. The van der Waals surface area contributed by atoms with Crippen molar-refractivity contribution in [2.45, 2.75) is 12.4 Å². The summed E-state index contributed by atoms with van der Waals surface area (Å²) >= 11 is 0. The highest BCUT2D eigenvalue weighted by atomic mass is 16.7. The molecule has 0 bridgehead atoms. The average molecular weight is 408 g/mol. The molecule has 0 saturated carbocycles. The number of carbonyl (C=O) groups is 3. The molecule has 2 aromatic carbocycles. The number of para-hydroxylation sites is 1. The van der Waals surface area contributed by atoms with Crippen LogP contribution in [0.25, 0.3) is 6.08 Å². The van der Waals surface area contributed by atoms with Gasteiger partial charge in [-0.2, -0.15) is 0 Å². The van der Waals surface area contributed by atoms with Gasteiger partial charge in [0.05, 0.1) is 19.8 Å². The Kier molecular flexibility index (Phi) is 5.13. The third kappa shape index (κ3) is 2.90. The lowest BCUT2D eigenvalue weighted by molar-refractivity contribution is -0.173. The van der Waals surface area contributed by atoms with Gasteiger partial charge in [0.2, 0.25) is 11.7 Å². The van der Waals surface area contributed by atoms with Crippen molar-refractivity contribution < 1.29 is 33.3 Å². The Morgan fingerprint density at radius 3 is 2.27 bits per heavy atom. The Labute approximate surface area is 173 Å². The van der Waals surface area contributed by atoms with Crippen LogP contribution in [-0.4, -0.2) is 44.3 Å². The van der Waals surface area contributed by atoms with Crippen molar-refractivity contribution in [3.05, 3.63) is 71.8 Å². The molecule has 2 heterocycles. The zero-order valence-corrected chi connectivity index (χ0v) is 16.4. The van der Waals surface area contributed by atoms with E-state index in [1.807, 2.05) is 30.3 Å². The van der Waals surface area contributed by atoms with Gasteiger partial charge in [-0.25, -0.2) is 0 Å². The monoisotopic (exact) mass is 408 g/mol. The topological polar surface area (TPSA) is 88.1 Å². The van der Waals surface area contributed by atoms with Crippen LogP contribution in [0, 0.1) is 11.3 Å². The first-order chi connectivity index (χ1) is 14.5. The number of ketones is 1. The molecule has 0 radical (unpaired) electrons. The minimum atomic E-state index is -2.04. The quantitative estimate of drug-likeness (QED) is 0.568. The largest absolute Gasteiger partial charge is 0.468 e. The van der Waals surface area contributed by atoms with Crippen LogP contribution in [-0.2, 0) is 23.8 Å². The van der Waals surface area contributed by atoms with Crippen LogP contribution in [0.15, 0.2) is 60.7 Å². The van der Waals surface area contributed by atoms with E-state index in [-0.39, 0.29) is 5.56 Å². The van der Waals surface area contributed by atoms with Gasteiger partial charge < -0.3 is 18.9 Å². The van der Waals surface area contributed by atoms with Crippen LogP contribution in [0.4, 0.5) is 0 Å². The Hall–Kier alpha value is -3.45. The molecule has 7 nitrogen and oxygen atoms in total. The molecule has 1 saturated heterocycles. The molecule has 0 unspecified atom stereocenters. The van der Waals surface area contributed by atoms with Crippen molar-refractivity contribution in [3.63, 3.8) is 0 Å². The van der Waals surface area contributed by atoms with Gasteiger partial charge in [0.15, 0.2) is 5.78 Å². The standard InChI is InChI=1S/C23H20O7/c1-27-21(25)23(22(26)28-2)17(13-12-14-8-4-3-5-9-14)30-20-18(23)19(24)15-10-6-7-11-16(15)29-20/h3-13,17-18,20H,1-2H3/b13-12-/t17-,18+,20-/m0/s1. The van der Waals surface area contributed by atoms with Gasteiger partial charge in [0, 0.05) is 0 Å². The second-order valence-electron chi connectivity index (χ2n) is 7.00. The molecule has 4 rings (SSSR count). The van der Waals surface area contributed by atoms with Crippen molar-refractivity contribution in [2.24, 2.45) is 11.3 Å². The average Bonchev–Trinajstić information content (AvgIpc) is 3.12. The Morgan fingerprint density at radius 2 is 1.60 bits per heavy atom. The van der Waals surface area contributed by atoms with Gasteiger partial charge in [-0.3, -0.25) is 14.4 Å². The fourth-order valence-electron chi connectivity index (χ4n) is 4.08. The maximum absolute atomic E-state index is 13.4. The highest BCUT2D eigenvalue weighted by molar-refractivity contribution is 6.12. The Morgan fingerprint density at radius 1 is 0.967 bits per heavy atom. The van der Waals surface area contributed by atoms with Gasteiger partial charge >= 0.3 is 11.9 Å². The Bertz CT molecular complexity index is 995. The van der Waals surface area contributed by atoms with Gasteiger partial charge in [-0.1, -0.05) is 54.6 Å². The number of hydrogen-bond donors (Lipinski definition) is 0. The molecule has 0 aromatic heterocycles. The smallest absolute Gasteiger partial charge is 0.327 e. The van der Waals surface area contributed by atoms with E-state index in [1.165, 1.54) is 0 Å². The lowest BCUT2D eigenvalue weighted by Crippen LogP contribution is -2.55. The van der Waals surface area contributed by atoms with Crippen LogP contribution in [0.3, 0.4) is 0 Å². The van der Waals surface area contributed by atoms with E-state index in [0.717, 1.165) is 19.8 Å². The van der Waals surface area contributed by atoms with E-state index in [0.29, 0.717) is 5.75 Å². The third-order valence-electron chi connectivity index (χ3n) is 5.48. The summed E-state index contributed by atoms with van der Waals surface area (Å²) in [4.78, 5) is 39.4. The van der Waals surface area contributed by atoms with Crippen LogP contribution >= 0.6 is 0 Å². The van der Waals surface area contributed by atoms with Crippen molar-refractivity contribution in [2.75, 3.05) is 14.2 Å². The normalized spacial score (nSPS) is 23.9. The molecule has 2 aliphatic heterocycles. The van der Waals surface area contributed by atoms with E-state index >= 15 is 0 Å². The molecule has 2 aromatic rings. The molecule has 154 valence electrons.